The van der Waals surface area contributed by atoms with E-state index >= 15 is 0 Å². The summed E-state index contributed by atoms with van der Waals surface area (Å²) in [7, 11) is 0. The van der Waals surface area contributed by atoms with Gasteiger partial charge in [-0.1, -0.05) is 30.3 Å². The Balaban J connectivity index is 1.97. The first-order valence-electron chi connectivity index (χ1n) is 6.40. The molecule has 0 fully saturated rings. The Hall–Kier alpha value is -2.25. The molecule has 19 heavy (non-hydrogen) atoms. The molecule has 1 aliphatic rings. The second-order valence-corrected chi connectivity index (χ2v) is 4.61. The van der Waals surface area contributed by atoms with E-state index in [1.165, 1.54) is 5.56 Å². The Bertz CT molecular complexity index is 629. The van der Waals surface area contributed by atoms with E-state index < -0.39 is 0 Å². The predicted molar refractivity (Wildman–Crippen MR) is 71.4 cm³/mol. The van der Waals surface area contributed by atoms with Gasteiger partial charge in [0.2, 0.25) is 0 Å². The normalized spacial score (nSPS) is 13.6. The number of nitrogens with zero attached hydrogens (tertiary/aromatic N) is 3. The zero-order chi connectivity index (χ0) is 13.1. The van der Waals surface area contributed by atoms with Gasteiger partial charge >= 0.3 is 0 Å². The van der Waals surface area contributed by atoms with Crippen molar-refractivity contribution in [2.45, 2.75) is 19.4 Å². The van der Waals surface area contributed by atoms with Crippen LogP contribution in [0.1, 0.15) is 28.3 Å². The van der Waals surface area contributed by atoms with Crippen molar-refractivity contribution in [3.8, 4) is 6.07 Å². The third-order valence-corrected chi connectivity index (χ3v) is 3.29. The van der Waals surface area contributed by atoms with Crippen LogP contribution in [0.5, 0.6) is 0 Å². The number of nitriles is 1. The first-order valence-corrected chi connectivity index (χ1v) is 6.40. The van der Waals surface area contributed by atoms with Crippen molar-refractivity contribution in [1.82, 2.24) is 15.3 Å². The first kappa shape index (κ1) is 11.8. The fourth-order valence-electron chi connectivity index (χ4n) is 2.34. The third kappa shape index (κ3) is 2.47. The number of nitrogens with one attached hydrogen (secondary N) is 1. The van der Waals surface area contributed by atoms with Crippen LogP contribution in [0.2, 0.25) is 0 Å². The van der Waals surface area contributed by atoms with Gasteiger partial charge in [0.25, 0.3) is 0 Å². The Labute approximate surface area is 112 Å². The van der Waals surface area contributed by atoms with Crippen LogP contribution in [0.3, 0.4) is 0 Å². The van der Waals surface area contributed by atoms with Gasteiger partial charge in [-0.2, -0.15) is 5.26 Å². The summed E-state index contributed by atoms with van der Waals surface area (Å²) in [6.07, 6.45) is 1.55. The van der Waals surface area contributed by atoms with Crippen LogP contribution in [0, 0.1) is 11.3 Å². The monoisotopic (exact) mass is 250 g/mol. The molecule has 0 spiro atoms. The summed E-state index contributed by atoms with van der Waals surface area (Å²) < 4.78 is 0. The average Bonchev–Trinajstić information content (AvgIpc) is 2.47. The standard InChI is InChI=1S/C15H14N4/c16-9-14-12-10-17-7-6-13(12)18-15(19-14)8-11-4-2-1-3-5-11/h1-5,17H,6-8,10H2. The third-order valence-electron chi connectivity index (χ3n) is 3.29. The lowest BCUT2D eigenvalue weighted by atomic mass is 10.0. The molecule has 0 radical (unpaired) electrons. The molecule has 2 aromatic rings. The Morgan fingerprint density at radius 1 is 1.21 bits per heavy atom. The molecule has 0 amide bonds. The summed E-state index contributed by atoms with van der Waals surface area (Å²) in [4.78, 5) is 9.00. The second kappa shape index (κ2) is 5.17. The first-order chi connectivity index (χ1) is 9.36. The highest BCUT2D eigenvalue weighted by Gasteiger charge is 2.17. The lowest BCUT2D eigenvalue weighted by Gasteiger charge is -2.17. The van der Waals surface area contributed by atoms with Crippen LogP contribution in [0.4, 0.5) is 0 Å². The molecule has 1 N–H and O–H groups in total. The van der Waals surface area contributed by atoms with E-state index in [0.29, 0.717) is 18.7 Å². The Kier molecular flexibility index (Phi) is 3.21. The smallest absolute Gasteiger partial charge is 0.148 e. The largest absolute Gasteiger partial charge is 0.312 e. The van der Waals surface area contributed by atoms with E-state index in [1.807, 2.05) is 18.2 Å². The Morgan fingerprint density at radius 2 is 2.05 bits per heavy atom. The fourth-order valence-corrected chi connectivity index (χ4v) is 2.34. The van der Waals surface area contributed by atoms with E-state index in [9.17, 15) is 5.26 Å². The molecule has 0 saturated carbocycles. The molecule has 0 saturated heterocycles. The van der Waals surface area contributed by atoms with Crippen molar-refractivity contribution >= 4 is 0 Å². The molecule has 1 aliphatic heterocycles. The van der Waals surface area contributed by atoms with Crippen LogP contribution < -0.4 is 5.32 Å². The van der Waals surface area contributed by atoms with Gasteiger partial charge in [-0.15, -0.1) is 0 Å². The summed E-state index contributed by atoms with van der Waals surface area (Å²) in [6, 6.07) is 12.3. The van der Waals surface area contributed by atoms with E-state index in [2.05, 4.69) is 33.5 Å². The zero-order valence-corrected chi connectivity index (χ0v) is 10.6. The van der Waals surface area contributed by atoms with Gasteiger partial charge in [0.05, 0.1) is 5.69 Å². The SMILES string of the molecule is N#Cc1nc(Cc2ccccc2)nc2c1CNCC2. The maximum Gasteiger partial charge on any atom is 0.148 e. The van der Waals surface area contributed by atoms with Gasteiger partial charge in [-0.3, -0.25) is 0 Å². The van der Waals surface area contributed by atoms with E-state index in [4.69, 9.17) is 0 Å². The molecule has 0 aliphatic carbocycles. The van der Waals surface area contributed by atoms with Crippen molar-refractivity contribution in [3.05, 3.63) is 58.7 Å². The number of hydrogen-bond acceptors (Lipinski definition) is 4. The minimum absolute atomic E-state index is 0.517. The van der Waals surface area contributed by atoms with Crippen LogP contribution in [0.15, 0.2) is 30.3 Å². The van der Waals surface area contributed by atoms with Crippen molar-refractivity contribution in [2.24, 2.45) is 0 Å². The molecule has 1 aromatic carbocycles. The predicted octanol–water partition coefficient (Wildman–Crippen LogP) is 1.58. The van der Waals surface area contributed by atoms with E-state index in [0.717, 1.165) is 30.0 Å². The number of fused-ring (bicyclic) bond motifs is 1. The molecular formula is C15H14N4. The highest BCUT2D eigenvalue weighted by atomic mass is 14.9. The topological polar surface area (TPSA) is 61.6 Å². The van der Waals surface area contributed by atoms with Crippen molar-refractivity contribution in [2.75, 3.05) is 6.54 Å². The highest BCUT2D eigenvalue weighted by molar-refractivity contribution is 5.37. The van der Waals surface area contributed by atoms with Gasteiger partial charge in [0.1, 0.15) is 17.6 Å². The van der Waals surface area contributed by atoms with Gasteiger partial charge in [-0.05, 0) is 5.56 Å². The minimum Gasteiger partial charge on any atom is -0.312 e. The zero-order valence-electron chi connectivity index (χ0n) is 10.6. The highest BCUT2D eigenvalue weighted by Crippen LogP contribution is 2.16. The number of benzene rings is 1. The fraction of sp³-hybridized carbons (Fsp3) is 0.267. The van der Waals surface area contributed by atoms with Crippen molar-refractivity contribution in [1.29, 1.82) is 5.26 Å². The Morgan fingerprint density at radius 3 is 2.84 bits per heavy atom. The van der Waals surface area contributed by atoms with Crippen molar-refractivity contribution < 1.29 is 0 Å². The molecular weight excluding hydrogens is 236 g/mol. The molecule has 2 heterocycles. The van der Waals surface area contributed by atoms with Gasteiger partial charge in [0.15, 0.2) is 0 Å². The van der Waals surface area contributed by atoms with Crippen LogP contribution in [0.25, 0.3) is 0 Å². The lowest BCUT2D eigenvalue weighted by molar-refractivity contribution is 0.619. The summed E-state index contributed by atoms with van der Waals surface area (Å²) in [5, 5.41) is 12.5. The average molecular weight is 250 g/mol. The summed E-state index contributed by atoms with van der Waals surface area (Å²) in [5.41, 5.74) is 3.67. The number of aromatic nitrogens is 2. The molecule has 0 bridgehead atoms. The number of rotatable bonds is 2. The number of hydrogen-bond donors (Lipinski definition) is 1. The summed E-state index contributed by atoms with van der Waals surface area (Å²) in [5.74, 6) is 0.739. The maximum absolute atomic E-state index is 9.22. The lowest BCUT2D eigenvalue weighted by Crippen LogP contribution is -2.26. The second-order valence-electron chi connectivity index (χ2n) is 4.61. The molecule has 94 valence electrons. The maximum atomic E-state index is 9.22. The van der Waals surface area contributed by atoms with Crippen LogP contribution in [-0.2, 0) is 19.4 Å². The molecule has 1 aromatic heterocycles. The minimum atomic E-state index is 0.517. The quantitative estimate of drug-likeness (QED) is 0.879. The van der Waals surface area contributed by atoms with E-state index in [-0.39, 0.29) is 0 Å². The molecule has 3 rings (SSSR count). The van der Waals surface area contributed by atoms with Gasteiger partial charge < -0.3 is 5.32 Å². The summed E-state index contributed by atoms with van der Waals surface area (Å²) in [6.45, 7) is 1.61. The van der Waals surface area contributed by atoms with E-state index in [1.54, 1.807) is 0 Å². The van der Waals surface area contributed by atoms with Crippen LogP contribution in [-0.4, -0.2) is 16.5 Å². The van der Waals surface area contributed by atoms with Crippen LogP contribution >= 0.6 is 0 Å². The molecule has 4 nitrogen and oxygen atoms in total. The van der Waals surface area contributed by atoms with Gasteiger partial charge in [0, 0.05) is 31.5 Å². The van der Waals surface area contributed by atoms with Gasteiger partial charge in [-0.25, -0.2) is 9.97 Å². The molecule has 4 heteroatoms. The van der Waals surface area contributed by atoms with Crippen molar-refractivity contribution in [3.63, 3.8) is 0 Å². The summed E-state index contributed by atoms with van der Waals surface area (Å²) >= 11 is 0. The molecule has 0 atom stereocenters. The molecule has 0 unspecified atom stereocenters.